The molecule has 0 atom stereocenters. The van der Waals surface area contributed by atoms with Gasteiger partial charge >= 0.3 is 0 Å². The zero-order chi connectivity index (χ0) is 14.6. The van der Waals surface area contributed by atoms with E-state index in [4.69, 9.17) is 16.7 Å². The molecule has 0 saturated carbocycles. The van der Waals surface area contributed by atoms with Gasteiger partial charge in [-0.05, 0) is 29.8 Å². The molecule has 2 rings (SSSR count). The molecule has 0 bridgehead atoms. The highest BCUT2D eigenvalue weighted by atomic mass is 35.5. The number of rotatable bonds is 5. The van der Waals surface area contributed by atoms with Crippen molar-refractivity contribution in [2.24, 2.45) is 0 Å². The van der Waals surface area contributed by atoms with E-state index in [1.54, 1.807) is 12.1 Å². The Labute approximate surface area is 121 Å². The lowest BCUT2D eigenvalue weighted by Gasteiger charge is -2.08. The summed E-state index contributed by atoms with van der Waals surface area (Å²) in [7, 11) is -3.69. The Morgan fingerprint density at radius 1 is 1.30 bits per heavy atom. The van der Waals surface area contributed by atoms with Gasteiger partial charge in [0, 0.05) is 11.2 Å². The maximum Gasteiger partial charge on any atom is 0.240 e. The topological polar surface area (TPSA) is 92.2 Å². The van der Waals surface area contributed by atoms with Crippen LogP contribution in [0.1, 0.15) is 11.3 Å². The van der Waals surface area contributed by atoms with Gasteiger partial charge in [0.1, 0.15) is 0 Å². The number of aromatic nitrogens is 2. The third-order valence-electron chi connectivity index (χ3n) is 2.58. The van der Waals surface area contributed by atoms with Gasteiger partial charge in [0.25, 0.3) is 0 Å². The molecule has 20 heavy (non-hydrogen) atoms. The number of aliphatic hydroxyl groups is 1. The monoisotopic (exact) mass is 313 g/mol. The van der Waals surface area contributed by atoms with Crippen molar-refractivity contribution in [3.05, 3.63) is 52.8 Å². The smallest absolute Gasteiger partial charge is 0.240 e. The Balaban J connectivity index is 2.16. The number of nitrogens with one attached hydrogen (secondary N) is 1. The summed E-state index contributed by atoms with van der Waals surface area (Å²) in [6.07, 6.45) is 1.51. The molecule has 0 unspecified atom stereocenters. The van der Waals surface area contributed by atoms with E-state index in [9.17, 15) is 8.42 Å². The maximum absolute atomic E-state index is 12.1. The predicted octanol–water partition coefficient (Wildman–Crippen LogP) is 1.10. The molecule has 0 aliphatic heterocycles. The van der Waals surface area contributed by atoms with Crippen LogP contribution in [0.4, 0.5) is 0 Å². The average Bonchev–Trinajstić information content (AvgIpc) is 2.46. The Morgan fingerprint density at radius 3 is 2.70 bits per heavy atom. The van der Waals surface area contributed by atoms with Crippen LogP contribution in [0.5, 0.6) is 0 Å². The van der Waals surface area contributed by atoms with Gasteiger partial charge in [-0.15, -0.1) is 0 Å². The molecule has 6 nitrogen and oxygen atoms in total. The molecule has 0 aliphatic rings. The summed E-state index contributed by atoms with van der Waals surface area (Å²) in [5.74, 6) is 0. The molecule has 1 aromatic carbocycles. The van der Waals surface area contributed by atoms with Gasteiger partial charge in [-0.25, -0.2) is 13.1 Å². The van der Waals surface area contributed by atoms with Crippen LogP contribution in [0.15, 0.2) is 41.4 Å². The number of sulfonamides is 1. The van der Waals surface area contributed by atoms with Gasteiger partial charge in [-0.3, -0.25) is 0 Å². The van der Waals surface area contributed by atoms with Crippen LogP contribution < -0.4 is 4.72 Å². The molecule has 0 amide bonds. The standard InChI is InChI=1S/C12H12ClN3O3S/c13-12-6-11(4-3-9(12)8-17)20(18,19)15-7-10-2-1-5-14-16-10/h1-6,15,17H,7-8H2. The summed E-state index contributed by atoms with van der Waals surface area (Å²) >= 11 is 5.88. The van der Waals surface area contributed by atoms with Crippen LogP contribution in [0.2, 0.25) is 5.02 Å². The van der Waals surface area contributed by atoms with E-state index in [2.05, 4.69) is 14.9 Å². The molecule has 0 aliphatic carbocycles. The first kappa shape index (κ1) is 14.9. The second kappa shape index (κ2) is 6.27. The lowest BCUT2D eigenvalue weighted by Crippen LogP contribution is -2.23. The van der Waals surface area contributed by atoms with Crippen molar-refractivity contribution in [3.8, 4) is 0 Å². The van der Waals surface area contributed by atoms with Crippen LogP contribution >= 0.6 is 11.6 Å². The third kappa shape index (κ3) is 3.51. The highest BCUT2D eigenvalue weighted by Crippen LogP contribution is 2.20. The van der Waals surface area contributed by atoms with Crippen molar-refractivity contribution < 1.29 is 13.5 Å². The molecule has 0 radical (unpaired) electrons. The van der Waals surface area contributed by atoms with Crippen LogP contribution in [-0.4, -0.2) is 23.7 Å². The molecule has 1 aromatic heterocycles. The third-order valence-corrected chi connectivity index (χ3v) is 4.33. The Hall–Kier alpha value is -1.54. The van der Waals surface area contributed by atoms with E-state index in [-0.39, 0.29) is 23.1 Å². The lowest BCUT2D eigenvalue weighted by atomic mass is 10.2. The average molecular weight is 314 g/mol. The summed E-state index contributed by atoms with van der Waals surface area (Å²) in [6, 6.07) is 7.49. The summed E-state index contributed by atoms with van der Waals surface area (Å²) in [6.45, 7) is -0.207. The molecule has 2 aromatic rings. The van der Waals surface area contributed by atoms with Gasteiger partial charge in [-0.2, -0.15) is 10.2 Å². The molecule has 0 saturated heterocycles. The van der Waals surface area contributed by atoms with Crippen LogP contribution in [0.3, 0.4) is 0 Å². The summed E-state index contributed by atoms with van der Waals surface area (Å²) in [5.41, 5.74) is 0.980. The highest BCUT2D eigenvalue weighted by molar-refractivity contribution is 7.89. The fourth-order valence-corrected chi connectivity index (χ4v) is 2.83. The first-order valence-corrected chi connectivity index (χ1v) is 7.54. The fourth-order valence-electron chi connectivity index (χ4n) is 1.50. The van der Waals surface area contributed by atoms with Crippen molar-refractivity contribution in [2.75, 3.05) is 0 Å². The molecule has 1 heterocycles. The van der Waals surface area contributed by atoms with Crippen molar-refractivity contribution >= 4 is 21.6 Å². The molecule has 2 N–H and O–H groups in total. The van der Waals surface area contributed by atoms with Crippen LogP contribution in [-0.2, 0) is 23.2 Å². The molecule has 8 heteroatoms. The van der Waals surface area contributed by atoms with Crippen molar-refractivity contribution in [1.82, 2.24) is 14.9 Å². The van der Waals surface area contributed by atoms with E-state index >= 15 is 0 Å². The molecular formula is C12H12ClN3O3S. The first-order chi connectivity index (χ1) is 9.53. The predicted molar refractivity (Wildman–Crippen MR) is 73.4 cm³/mol. The molecule has 106 valence electrons. The Morgan fingerprint density at radius 2 is 2.10 bits per heavy atom. The van der Waals surface area contributed by atoms with Crippen molar-refractivity contribution in [3.63, 3.8) is 0 Å². The number of halogens is 1. The quantitative estimate of drug-likeness (QED) is 0.862. The zero-order valence-corrected chi connectivity index (χ0v) is 11.9. The lowest BCUT2D eigenvalue weighted by molar-refractivity contribution is 0.282. The molecule has 0 fully saturated rings. The second-order valence-electron chi connectivity index (χ2n) is 3.95. The van der Waals surface area contributed by atoms with Crippen LogP contribution in [0, 0.1) is 0 Å². The van der Waals surface area contributed by atoms with Gasteiger partial charge < -0.3 is 5.11 Å². The largest absolute Gasteiger partial charge is 0.392 e. The number of hydrogen-bond acceptors (Lipinski definition) is 5. The summed E-state index contributed by atoms with van der Waals surface area (Å²) in [5, 5.41) is 16.6. The minimum Gasteiger partial charge on any atom is -0.392 e. The number of aliphatic hydroxyl groups excluding tert-OH is 1. The normalized spacial score (nSPS) is 11.5. The fraction of sp³-hybridized carbons (Fsp3) is 0.167. The number of nitrogens with zero attached hydrogens (tertiary/aromatic N) is 2. The van der Waals surface area contributed by atoms with E-state index in [1.165, 1.54) is 24.4 Å². The minimum absolute atomic E-state index is 0.0311. The van der Waals surface area contributed by atoms with E-state index in [0.29, 0.717) is 11.3 Å². The van der Waals surface area contributed by atoms with Gasteiger partial charge in [0.15, 0.2) is 0 Å². The maximum atomic E-state index is 12.1. The van der Waals surface area contributed by atoms with Crippen molar-refractivity contribution in [1.29, 1.82) is 0 Å². The highest BCUT2D eigenvalue weighted by Gasteiger charge is 2.15. The SMILES string of the molecule is O=S(=O)(NCc1cccnn1)c1ccc(CO)c(Cl)c1. The van der Waals surface area contributed by atoms with Gasteiger partial charge in [-0.1, -0.05) is 17.7 Å². The van der Waals surface area contributed by atoms with Crippen LogP contribution in [0.25, 0.3) is 0 Å². The minimum atomic E-state index is -3.69. The van der Waals surface area contributed by atoms with Crippen molar-refractivity contribution in [2.45, 2.75) is 18.0 Å². The summed E-state index contributed by atoms with van der Waals surface area (Å²) in [4.78, 5) is 0.0311. The van der Waals surface area contributed by atoms with E-state index < -0.39 is 10.0 Å². The molecular weight excluding hydrogens is 302 g/mol. The zero-order valence-electron chi connectivity index (χ0n) is 10.3. The second-order valence-corrected chi connectivity index (χ2v) is 6.13. The van der Waals surface area contributed by atoms with E-state index in [0.717, 1.165) is 0 Å². The first-order valence-electron chi connectivity index (χ1n) is 5.68. The van der Waals surface area contributed by atoms with E-state index in [1.807, 2.05) is 0 Å². The van der Waals surface area contributed by atoms with Gasteiger partial charge in [0.2, 0.25) is 10.0 Å². The Kier molecular flexibility index (Phi) is 4.66. The molecule has 0 spiro atoms. The number of benzene rings is 1. The Bertz CT molecular complexity index is 692. The van der Waals surface area contributed by atoms with Gasteiger partial charge in [0.05, 0.1) is 23.7 Å². The number of hydrogen-bond donors (Lipinski definition) is 2. The summed E-state index contributed by atoms with van der Waals surface area (Å²) < 4.78 is 26.6.